The van der Waals surface area contributed by atoms with E-state index in [4.69, 9.17) is 0 Å². The molecular formula is MoNiO3. The van der Waals surface area contributed by atoms with Gasteiger partial charge in [0.1, 0.15) is 0 Å². The van der Waals surface area contributed by atoms with E-state index in [9.17, 15) is 0 Å². The molecule has 0 aliphatic heterocycles. The van der Waals surface area contributed by atoms with Crippen molar-refractivity contribution in [2.24, 2.45) is 0 Å². The van der Waals surface area contributed by atoms with Crippen LogP contribution in [0.1, 0.15) is 0 Å². The van der Waals surface area contributed by atoms with Crippen LogP contribution in [0.3, 0.4) is 0 Å². The largest absolute Gasteiger partial charge is 6.00 e. The van der Waals surface area contributed by atoms with Gasteiger partial charge in [-0.05, 0) is 0 Å². The molecule has 0 saturated carbocycles. The average molecular weight is 203 g/mol. The summed E-state index contributed by atoms with van der Waals surface area (Å²) in [5.74, 6) is 0. The minimum Gasteiger partial charge on any atom is -2.00 e. The van der Waals surface area contributed by atoms with Crippen LogP contribution < -0.4 is 0 Å². The van der Waals surface area contributed by atoms with E-state index in [1.807, 2.05) is 0 Å². The first kappa shape index (κ1) is 138. The monoisotopic (exact) mass is 204 g/mol. The number of rotatable bonds is 0. The predicted molar refractivity (Wildman–Crippen MR) is 2.06 cm³/mol. The molecule has 0 aromatic carbocycles. The van der Waals surface area contributed by atoms with Crippen molar-refractivity contribution in [1.82, 2.24) is 0 Å². The van der Waals surface area contributed by atoms with Crippen LogP contribution in [0.2, 0.25) is 0 Å². The Morgan fingerprint density at radius 2 is 0.600 bits per heavy atom. The van der Waals surface area contributed by atoms with Gasteiger partial charge in [0.2, 0.25) is 0 Å². The van der Waals surface area contributed by atoms with Gasteiger partial charge >= 0.3 is 21.1 Å². The van der Waals surface area contributed by atoms with Gasteiger partial charge in [0, 0.05) is 16.5 Å². The Morgan fingerprint density at radius 3 is 0.600 bits per heavy atom. The zero-order chi connectivity index (χ0) is 0. The predicted octanol–water partition coefficient (Wildman–Crippen LogP) is -0.361. The van der Waals surface area contributed by atoms with Gasteiger partial charge < -0.3 is 16.4 Å². The van der Waals surface area contributed by atoms with Crippen molar-refractivity contribution < 1.29 is 54.0 Å². The Balaban J connectivity index is 0. The molecule has 0 aliphatic carbocycles. The smallest absolute Gasteiger partial charge is 2.00 e. The Morgan fingerprint density at radius 1 is 0.600 bits per heavy atom. The topological polar surface area (TPSA) is 85.5 Å². The van der Waals surface area contributed by atoms with Crippen molar-refractivity contribution >= 4 is 0 Å². The summed E-state index contributed by atoms with van der Waals surface area (Å²) in [6, 6.07) is 0. The third kappa shape index (κ3) is 42.1. The summed E-state index contributed by atoms with van der Waals surface area (Å²) < 4.78 is 0. The molecule has 0 N–H and O–H groups in total. The molecule has 0 aromatic rings. The second-order valence-corrected chi connectivity index (χ2v) is 0. The minimum absolute atomic E-state index is 0. The van der Waals surface area contributed by atoms with Crippen LogP contribution in [0.25, 0.3) is 0 Å². The minimum atomic E-state index is 0. The van der Waals surface area contributed by atoms with E-state index in [1.165, 1.54) is 0 Å². The quantitative estimate of drug-likeness (QED) is 0.481. The SMILES string of the molecule is [Mo+6].[Ni].[O-2].[O-2].[O-2]. The zero-order valence-corrected chi connectivity index (χ0v) is 4.94. The normalized spacial score (nSPS) is 0. The van der Waals surface area contributed by atoms with E-state index in [1.54, 1.807) is 0 Å². The molecule has 0 fully saturated rings. The molecule has 34 valence electrons. The van der Waals surface area contributed by atoms with Crippen molar-refractivity contribution in [3.63, 3.8) is 0 Å². The van der Waals surface area contributed by atoms with Crippen LogP contribution in [-0.2, 0) is 54.0 Å². The van der Waals surface area contributed by atoms with Crippen LogP contribution in [0.5, 0.6) is 0 Å². The van der Waals surface area contributed by atoms with Crippen LogP contribution in [0, 0.1) is 0 Å². The van der Waals surface area contributed by atoms with Gasteiger partial charge in [-0.15, -0.1) is 0 Å². The maximum absolute atomic E-state index is 0. The molecule has 5 heteroatoms. The molecule has 0 amide bonds. The van der Waals surface area contributed by atoms with Gasteiger partial charge in [-0.2, -0.15) is 0 Å². The Bertz CT molecular complexity index is 6.85. The van der Waals surface area contributed by atoms with Crippen molar-refractivity contribution in [1.29, 1.82) is 0 Å². The van der Waals surface area contributed by atoms with E-state index < -0.39 is 0 Å². The molecule has 0 radical (unpaired) electrons. The summed E-state index contributed by atoms with van der Waals surface area (Å²) >= 11 is 0. The summed E-state index contributed by atoms with van der Waals surface area (Å²) in [6.07, 6.45) is 0. The van der Waals surface area contributed by atoms with Crippen molar-refractivity contribution in [2.45, 2.75) is 0 Å². The fourth-order valence-corrected chi connectivity index (χ4v) is 0. The molecule has 0 bridgehead atoms. The molecule has 0 aliphatic rings. The van der Waals surface area contributed by atoms with Gasteiger partial charge in [-0.25, -0.2) is 0 Å². The van der Waals surface area contributed by atoms with E-state index in [0.29, 0.717) is 0 Å². The second kappa shape index (κ2) is 74.1. The zero-order valence-electron chi connectivity index (χ0n) is 1.95. The van der Waals surface area contributed by atoms with Gasteiger partial charge in [0.25, 0.3) is 0 Å². The molecule has 0 atom stereocenters. The van der Waals surface area contributed by atoms with Crippen LogP contribution in [-0.4, -0.2) is 0 Å². The Labute approximate surface area is 54.2 Å². The van der Waals surface area contributed by atoms with E-state index >= 15 is 0 Å². The third-order valence-corrected chi connectivity index (χ3v) is 0. The average Bonchev–Trinajstić information content (AvgIpc) is 0. The molecule has 0 spiro atoms. The van der Waals surface area contributed by atoms with Gasteiger partial charge in [-0.1, -0.05) is 0 Å². The van der Waals surface area contributed by atoms with Crippen molar-refractivity contribution in [3.8, 4) is 0 Å². The maximum atomic E-state index is 0. The van der Waals surface area contributed by atoms with E-state index in [0.717, 1.165) is 0 Å². The molecule has 0 heterocycles. The second-order valence-electron chi connectivity index (χ2n) is 0. The Kier molecular flexibility index (Phi) is 2040. The molecule has 5 heavy (non-hydrogen) atoms. The summed E-state index contributed by atoms with van der Waals surface area (Å²) in [4.78, 5) is 0. The molecule has 0 unspecified atom stereocenters. The molecule has 0 aromatic heterocycles. The van der Waals surface area contributed by atoms with E-state index in [2.05, 4.69) is 0 Å². The maximum Gasteiger partial charge on any atom is 6.00 e. The summed E-state index contributed by atoms with van der Waals surface area (Å²) in [5.41, 5.74) is 0. The molecule has 0 saturated heterocycles. The molecular weight excluding hydrogens is 203 g/mol. The van der Waals surface area contributed by atoms with Gasteiger partial charge in [-0.3, -0.25) is 0 Å². The van der Waals surface area contributed by atoms with Crippen molar-refractivity contribution in [3.05, 3.63) is 0 Å². The summed E-state index contributed by atoms with van der Waals surface area (Å²) in [7, 11) is 0. The van der Waals surface area contributed by atoms with Crippen LogP contribution in [0.4, 0.5) is 0 Å². The molecule has 0 rings (SSSR count). The fourth-order valence-electron chi connectivity index (χ4n) is 0. The Hall–Kier alpha value is 1.06. The first-order chi connectivity index (χ1) is 0. The van der Waals surface area contributed by atoms with Crippen LogP contribution in [0.15, 0.2) is 0 Å². The third-order valence-electron chi connectivity index (χ3n) is 0. The fraction of sp³-hybridized carbons (Fsp3) is 0. The molecule has 3 nitrogen and oxygen atoms in total. The first-order valence-electron chi connectivity index (χ1n) is 0. The van der Waals surface area contributed by atoms with Crippen LogP contribution >= 0.6 is 0 Å². The van der Waals surface area contributed by atoms with E-state index in [-0.39, 0.29) is 54.0 Å². The first-order valence-corrected chi connectivity index (χ1v) is 0. The standard InChI is InChI=1S/Mo.Ni.3O/q+6;;3*-2. The summed E-state index contributed by atoms with van der Waals surface area (Å²) in [5, 5.41) is 0. The van der Waals surface area contributed by atoms with Crippen molar-refractivity contribution in [2.75, 3.05) is 0 Å². The number of hydrogen-bond acceptors (Lipinski definition) is 0. The number of hydrogen-bond donors (Lipinski definition) is 0. The summed E-state index contributed by atoms with van der Waals surface area (Å²) in [6.45, 7) is 0. The van der Waals surface area contributed by atoms with Gasteiger partial charge in [0.15, 0.2) is 0 Å². The van der Waals surface area contributed by atoms with Gasteiger partial charge in [0.05, 0.1) is 0 Å².